The molecular formula is C22H26N2O3. The maximum Gasteiger partial charge on any atom is 0.264 e. The molecule has 2 aromatic carbocycles. The summed E-state index contributed by atoms with van der Waals surface area (Å²) in [6, 6.07) is 16.8. The second-order valence-corrected chi connectivity index (χ2v) is 7.32. The Labute approximate surface area is 161 Å². The van der Waals surface area contributed by atoms with E-state index >= 15 is 0 Å². The molecule has 0 bridgehead atoms. The molecule has 27 heavy (non-hydrogen) atoms. The number of amides is 1. The molecule has 2 rings (SSSR count). The standard InChI is InChI=1S/C22H26N2O3/c1-16(27-19-12-11-18(14-23)13-20(19)26-5)21(25)24(22(2,3)4)15-17-9-7-6-8-10-17/h6-13,16H,15H2,1-5H3/t16-/m1/s1. The molecule has 1 atom stereocenters. The van der Waals surface area contributed by atoms with E-state index in [0.717, 1.165) is 5.56 Å². The van der Waals surface area contributed by atoms with Crippen molar-refractivity contribution in [1.82, 2.24) is 4.90 Å². The van der Waals surface area contributed by atoms with Crippen molar-refractivity contribution in [3.05, 3.63) is 59.7 Å². The summed E-state index contributed by atoms with van der Waals surface area (Å²) in [5.74, 6) is 0.753. The molecule has 2 aromatic rings. The molecular weight excluding hydrogens is 340 g/mol. The summed E-state index contributed by atoms with van der Waals surface area (Å²) in [5.41, 5.74) is 1.17. The summed E-state index contributed by atoms with van der Waals surface area (Å²) in [6.07, 6.45) is -0.699. The minimum atomic E-state index is -0.699. The smallest absolute Gasteiger partial charge is 0.264 e. The van der Waals surface area contributed by atoms with Gasteiger partial charge in [-0.2, -0.15) is 5.26 Å². The van der Waals surface area contributed by atoms with E-state index in [1.165, 1.54) is 7.11 Å². The molecule has 0 aliphatic heterocycles. The second-order valence-electron chi connectivity index (χ2n) is 7.32. The summed E-state index contributed by atoms with van der Waals surface area (Å²) in [4.78, 5) is 14.9. The Morgan fingerprint density at radius 2 is 1.81 bits per heavy atom. The van der Waals surface area contributed by atoms with E-state index in [0.29, 0.717) is 23.6 Å². The highest BCUT2D eigenvalue weighted by Crippen LogP contribution is 2.29. The fourth-order valence-corrected chi connectivity index (χ4v) is 2.71. The van der Waals surface area contributed by atoms with Gasteiger partial charge in [-0.15, -0.1) is 0 Å². The van der Waals surface area contributed by atoms with Crippen molar-refractivity contribution in [3.8, 4) is 17.6 Å². The Morgan fingerprint density at radius 3 is 2.37 bits per heavy atom. The molecule has 1 amide bonds. The Morgan fingerprint density at radius 1 is 1.15 bits per heavy atom. The second kappa shape index (κ2) is 8.59. The van der Waals surface area contributed by atoms with E-state index in [9.17, 15) is 4.79 Å². The van der Waals surface area contributed by atoms with Crippen molar-refractivity contribution in [2.24, 2.45) is 0 Å². The van der Waals surface area contributed by atoms with E-state index in [1.54, 1.807) is 25.1 Å². The van der Waals surface area contributed by atoms with Gasteiger partial charge in [0.15, 0.2) is 17.6 Å². The Hall–Kier alpha value is -3.00. The lowest BCUT2D eigenvalue weighted by molar-refractivity contribution is -0.143. The lowest BCUT2D eigenvalue weighted by Crippen LogP contribution is -2.50. The van der Waals surface area contributed by atoms with Gasteiger partial charge in [0.1, 0.15) is 0 Å². The Bertz CT molecular complexity index is 820. The molecule has 0 fully saturated rings. The van der Waals surface area contributed by atoms with Crippen molar-refractivity contribution in [2.75, 3.05) is 7.11 Å². The summed E-state index contributed by atoms with van der Waals surface area (Å²) < 4.78 is 11.2. The van der Waals surface area contributed by atoms with Crippen LogP contribution in [0.1, 0.15) is 38.8 Å². The quantitative estimate of drug-likeness (QED) is 0.770. The summed E-state index contributed by atoms with van der Waals surface area (Å²) >= 11 is 0. The zero-order valence-corrected chi connectivity index (χ0v) is 16.5. The maximum absolute atomic E-state index is 13.1. The highest BCUT2D eigenvalue weighted by Gasteiger charge is 2.31. The SMILES string of the molecule is COc1cc(C#N)ccc1O[C@H](C)C(=O)N(Cc1ccccc1)C(C)(C)C. The molecule has 142 valence electrons. The highest BCUT2D eigenvalue weighted by atomic mass is 16.5. The summed E-state index contributed by atoms with van der Waals surface area (Å²) in [7, 11) is 1.51. The molecule has 0 aliphatic rings. The van der Waals surface area contributed by atoms with Crippen molar-refractivity contribution in [1.29, 1.82) is 5.26 Å². The number of ether oxygens (including phenoxy) is 2. The summed E-state index contributed by atoms with van der Waals surface area (Å²) in [6.45, 7) is 8.24. The lowest BCUT2D eigenvalue weighted by atomic mass is 10.0. The van der Waals surface area contributed by atoms with Crippen molar-refractivity contribution in [2.45, 2.75) is 45.9 Å². The molecule has 0 N–H and O–H groups in total. The van der Waals surface area contributed by atoms with E-state index in [4.69, 9.17) is 14.7 Å². The molecule has 0 saturated carbocycles. The van der Waals surface area contributed by atoms with Crippen LogP contribution in [0.3, 0.4) is 0 Å². The molecule has 0 spiro atoms. The van der Waals surface area contributed by atoms with Crippen LogP contribution in [0, 0.1) is 11.3 Å². The van der Waals surface area contributed by atoms with Crippen LogP contribution >= 0.6 is 0 Å². The van der Waals surface area contributed by atoms with Gasteiger partial charge in [-0.1, -0.05) is 30.3 Å². The van der Waals surface area contributed by atoms with Crippen molar-refractivity contribution in [3.63, 3.8) is 0 Å². The van der Waals surface area contributed by atoms with Gasteiger partial charge in [-0.3, -0.25) is 4.79 Å². The van der Waals surface area contributed by atoms with Crippen LogP contribution < -0.4 is 9.47 Å². The maximum atomic E-state index is 13.1. The van der Waals surface area contributed by atoms with Gasteiger partial charge in [-0.05, 0) is 45.4 Å². The van der Waals surface area contributed by atoms with Crippen molar-refractivity contribution < 1.29 is 14.3 Å². The topological polar surface area (TPSA) is 62.6 Å². The van der Waals surface area contributed by atoms with Gasteiger partial charge < -0.3 is 14.4 Å². The Balaban J connectivity index is 2.21. The van der Waals surface area contributed by atoms with Crippen LogP contribution in [0.15, 0.2) is 48.5 Å². The minimum absolute atomic E-state index is 0.113. The number of carbonyl (C=O) groups excluding carboxylic acids is 1. The number of hydrogen-bond acceptors (Lipinski definition) is 4. The average molecular weight is 366 g/mol. The zero-order valence-electron chi connectivity index (χ0n) is 16.5. The predicted molar refractivity (Wildman–Crippen MR) is 105 cm³/mol. The van der Waals surface area contributed by atoms with Gasteiger partial charge in [0.2, 0.25) is 0 Å². The molecule has 0 aromatic heterocycles. The van der Waals surface area contributed by atoms with Gasteiger partial charge >= 0.3 is 0 Å². The first-order valence-electron chi connectivity index (χ1n) is 8.86. The fraction of sp³-hybridized carbons (Fsp3) is 0.364. The van der Waals surface area contributed by atoms with E-state index < -0.39 is 6.10 Å². The predicted octanol–water partition coefficient (Wildman–Crippen LogP) is 4.16. The first-order valence-corrected chi connectivity index (χ1v) is 8.86. The molecule has 0 aliphatic carbocycles. The average Bonchev–Trinajstić information content (AvgIpc) is 2.65. The van der Waals surface area contributed by atoms with Gasteiger partial charge in [0, 0.05) is 18.2 Å². The zero-order chi connectivity index (χ0) is 20.0. The summed E-state index contributed by atoms with van der Waals surface area (Å²) in [5, 5.41) is 9.01. The number of benzene rings is 2. The molecule has 0 radical (unpaired) electrons. The molecule has 5 heteroatoms. The Kier molecular flexibility index (Phi) is 6.46. The fourth-order valence-electron chi connectivity index (χ4n) is 2.71. The van der Waals surface area contributed by atoms with Crippen molar-refractivity contribution >= 4 is 5.91 Å². The van der Waals surface area contributed by atoms with E-state index in [2.05, 4.69) is 6.07 Å². The van der Waals surface area contributed by atoms with Crippen LogP contribution in [0.4, 0.5) is 0 Å². The molecule has 0 heterocycles. The largest absolute Gasteiger partial charge is 0.493 e. The normalized spacial score (nSPS) is 12.0. The number of hydrogen-bond donors (Lipinski definition) is 0. The van der Waals surface area contributed by atoms with Crippen LogP contribution in [-0.2, 0) is 11.3 Å². The third kappa shape index (κ3) is 5.24. The van der Waals surface area contributed by atoms with E-state index in [1.807, 2.05) is 56.0 Å². The number of nitrogens with zero attached hydrogens (tertiary/aromatic N) is 2. The molecule has 0 saturated heterocycles. The minimum Gasteiger partial charge on any atom is -0.493 e. The monoisotopic (exact) mass is 366 g/mol. The highest BCUT2D eigenvalue weighted by molar-refractivity contribution is 5.81. The molecule has 5 nitrogen and oxygen atoms in total. The number of methoxy groups -OCH3 is 1. The van der Waals surface area contributed by atoms with Gasteiger partial charge in [-0.25, -0.2) is 0 Å². The first-order chi connectivity index (χ1) is 12.8. The van der Waals surface area contributed by atoms with Gasteiger partial charge in [0.05, 0.1) is 18.7 Å². The van der Waals surface area contributed by atoms with E-state index in [-0.39, 0.29) is 11.4 Å². The van der Waals surface area contributed by atoms with Crippen LogP contribution in [-0.4, -0.2) is 29.6 Å². The number of carbonyl (C=O) groups is 1. The molecule has 0 unspecified atom stereocenters. The van der Waals surface area contributed by atoms with Gasteiger partial charge in [0.25, 0.3) is 5.91 Å². The van der Waals surface area contributed by atoms with Crippen LogP contribution in [0.2, 0.25) is 0 Å². The number of rotatable bonds is 6. The van der Waals surface area contributed by atoms with Crippen LogP contribution in [0.5, 0.6) is 11.5 Å². The van der Waals surface area contributed by atoms with Crippen LogP contribution in [0.25, 0.3) is 0 Å². The number of nitriles is 1. The lowest BCUT2D eigenvalue weighted by Gasteiger charge is -2.37. The first kappa shape index (κ1) is 20.3. The third-order valence-corrected chi connectivity index (χ3v) is 4.20. The third-order valence-electron chi connectivity index (χ3n) is 4.20.